The topological polar surface area (TPSA) is 29.5 Å². The summed E-state index contributed by atoms with van der Waals surface area (Å²) in [4.78, 5) is 2.36. The van der Waals surface area contributed by atoms with Crippen molar-refractivity contribution in [2.45, 2.75) is 33.1 Å². The monoisotopic (exact) mass is 797 g/mol. The standard InChI is InChI=1S/C59H43NO2/c1-36-31-37(2)57-51-34-41(24-30-52(51)59(3,4)53(57)32-36)40-11-9-12-45(33-40)60(43-25-19-38(20-26-43)42-23-29-49-47-13-5-7-17-54(47)61-56(49)35-42)44-27-21-39(22-28-44)46-15-10-16-50-48-14-6-8-18-55(48)62-58(46)50/h5-35H,1-4H3. The van der Waals surface area contributed by atoms with E-state index in [2.05, 4.69) is 196 Å². The SMILES string of the molecule is Cc1cc(C)c2c(c1)C(C)(C)c1ccc(-c3cccc(N(c4ccc(-c5ccc6c(c5)oc5ccccc56)cc4)c4ccc(-c5cccc6c5oc5ccccc56)cc4)c3)cc1-2. The predicted octanol–water partition coefficient (Wildman–Crippen LogP) is 16.9. The largest absolute Gasteiger partial charge is 0.456 e. The maximum absolute atomic E-state index is 6.45. The average molecular weight is 798 g/mol. The van der Waals surface area contributed by atoms with Gasteiger partial charge in [0.2, 0.25) is 0 Å². The number of benzene rings is 9. The van der Waals surface area contributed by atoms with Crippen LogP contribution in [0.25, 0.3) is 88.4 Å². The van der Waals surface area contributed by atoms with E-state index in [9.17, 15) is 0 Å². The lowest BCUT2D eigenvalue weighted by atomic mass is 9.81. The van der Waals surface area contributed by atoms with Gasteiger partial charge in [0, 0.05) is 49.6 Å². The Balaban J connectivity index is 0.957. The van der Waals surface area contributed by atoms with E-state index in [-0.39, 0.29) is 5.41 Å². The molecular formula is C59H43NO2. The van der Waals surface area contributed by atoms with Gasteiger partial charge in [-0.25, -0.2) is 0 Å². The summed E-state index contributed by atoms with van der Waals surface area (Å²) in [5, 5.41) is 4.54. The maximum atomic E-state index is 6.45. The summed E-state index contributed by atoms with van der Waals surface area (Å²) in [5.74, 6) is 0. The number of rotatable bonds is 6. The highest BCUT2D eigenvalue weighted by Gasteiger charge is 2.36. The molecule has 9 aromatic carbocycles. The van der Waals surface area contributed by atoms with Gasteiger partial charge in [0.25, 0.3) is 0 Å². The van der Waals surface area contributed by atoms with E-state index in [1.807, 2.05) is 24.3 Å². The van der Waals surface area contributed by atoms with Gasteiger partial charge in [-0.15, -0.1) is 0 Å². The molecule has 2 aromatic heterocycles. The van der Waals surface area contributed by atoms with Gasteiger partial charge in [-0.05, 0) is 136 Å². The highest BCUT2D eigenvalue weighted by molar-refractivity contribution is 6.10. The summed E-state index contributed by atoms with van der Waals surface area (Å²) in [6, 6.07) is 68.0. The Morgan fingerprint density at radius 2 is 0.984 bits per heavy atom. The van der Waals surface area contributed by atoms with Gasteiger partial charge in [-0.2, -0.15) is 0 Å². The van der Waals surface area contributed by atoms with Crippen molar-refractivity contribution in [1.82, 2.24) is 0 Å². The first-order valence-electron chi connectivity index (χ1n) is 21.5. The Morgan fingerprint density at radius 3 is 1.76 bits per heavy atom. The van der Waals surface area contributed by atoms with Crippen LogP contribution in [0, 0.1) is 13.8 Å². The first kappa shape index (κ1) is 36.2. The van der Waals surface area contributed by atoms with Crippen molar-refractivity contribution in [1.29, 1.82) is 0 Å². The van der Waals surface area contributed by atoms with Gasteiger partial charge < -0.3 is 13.7 Å². The third kappa shape index (κ3) is 5.65. The third-order valence-electron chi connectivity index (χ3n) is 13.2. The molecule has 0 spiro atoms. The van der Waals surface area contributed by atoms with Crippen LogP contribution >= 0.6 is 0 Å². The van der Waals surface area contributed by atoms with Crippen LogP contribution in [0.2, 0.25) is 0 Å². The highest BCUT2D eigenvalue weighted by Crippen LogP contribution is 2.51. The summed E-state index contributed by atoms with van der Waals surface area (Å²) in [6.45, 7) is 9.19. The first-order chi connectivity index (χ1) is 30.3. The summed E-state index contributed by atoms with van der Waals surface area (Å²) in [6.07, 6.45) is 0. The fourth-order valence-electron chi connectivity index (χ4n) is 10.2. The second-order valence-electron chi connectivity index (χ2n) is 17.5. The Hall–Kier alpha value is -7.62. The maximum Gasteiger partial charge on any atom is 0.143 e. The van der Waals surface area contributed by atoms with Crippen molar-refractivity contribution in [3.63, 3.8) is 0 Å². The quantitative estimate of drug-likeness (QED) is 0.168. The molecular weight excluding hydrogens is 755 g/mol. The minimum absolute atomic E-state index is 0.0509. The molecule has 11 aromatic rings. The van der Waals surface area contributed by atoms with Crippen molar-refractivity contribution in [2.24, 2.45) is 0 Å². The molecule has 3 heteroatoms. The van der Waals surface area contributed by atoms with Gasteiger partial charge in [-0.3, -0.25) is 0 Å². The van der Waals surface area contributed by atoms with Crippen LogP contribution in [0.1, 0.15) is 36.1 Å². The highest BCUT2D eigenvalue weighted by atomic mass is 16.3. The van der Waals surface area contributed by atoms with Crippen molar-refractivity contribution in [2.75, 3.05) is 4.90 Å². The smallest absolute Gasteiger partial charge is 0.143 e. The fraction of sp³-hybridized carbons (Fsp3) is 0.0847. The van der Waals surface area contributed by atoms with E-state index in [4.69, 9.17) is 8.83 Å². The molecule has 0 amide bonds. The number of hydrogen-bond donors (Lipinski definition) is 0. The van der Waals surface area contributed by atoms with E-state index >= 15 is 0 Å². The molecule has 0 saturated heterocycles. The Morgan fingerprint density at radius 1 is 0.387 bits per heavy atom. The minimum Gasteiger partial charge on any atom is -0.456 e. The number of para-hydroxylation sites is 3. The summed E-state index contributed by atoms with van der Waals surface area (Å²) >= 11 is 0. The van der Waals surface area contributed by atoms with Crippen LogP contribution < -0.4 is 4.90 Å². The van der Waals surface area contributed by atoms with Crippen LogP contribution in [0.3, 0.4) is 0 Å². The van der Waals surface area contributed by atoms with E-state index in [0.29, 0.717) is 0 Å². The lowest BCUT2D eigenvalue weighted by Gasteiger charge is -2.26. The Kier molecular flexibility index (Phi) is 8.01. The number of anilines is 3. The number of nitrogens with zero attached hydrogens (tertiary/aromatic N) is 1. The lowest BCUT2D eigenvalue weighted by Crippen LogP contribution is -2.15. The molecule has 1 aliphatic rings. The van der Waals surface area contributed by atoms with Crippen molar-refractivity contribution >= 4 is 60.9 Å². The van der Waals surface area contributed by atoms with Crippen LogP contribution in [0.5, 0.6) is 0 Å². The van der Waals surface area contributed by atoms with Crippen LogP contribution in [0.4, 0.5) is 17.1 Å². The number of furan rings is 2. The second-order valence-corrected chi connectivity index (χ2v) is 17.5. The molecule has 3 nitrogen and oxygen atoms in total. The summed E-state index contributed by atoms with van der Waals surface area (Å²) < 4.78 is 12.7. The molecule has 0 fully saturated rings. The molecule has 2 heterocycles. The van der Waals surface area contributed by atoms with E-state index in [1.165, 1.54) is 44.5 Å². The summed E-state index contributed by atoms with van der Waals surface area (Å²) in [7, 11) is 0. The number of hydrogen-bond acceptors (Lipinski definition) is 3. The molecule has 0 atom stereocenters. The molecule has 12 rings (SSSR count). The number of fused-ring (bicyclic) bond motifs is 9. The van der Waals surface area contributed by atoms with E-state index in [0.717, 1.165) is 83.2 Å². The van der Waals surface area contributed by atoms with Gasteiger partial charge in [-0.1, -0.05) is 141 Å². The molecule has 296 valence electrons. The molecule has 0 radical (unpaired) electrons. The zero-order chi connectivity index (χ0) is 41.7. The molecule has 0 aliphatic heterocycles. The normalized spacial score (nSPS) is 13.0. The molecule has 0 N–H and O–H groups in total. The molecule has 0 bridgehead atoms. The van der Waals surface area contributed by atoms with Crippen molar-refractivity contribution < 1.29 is 8.83 Å². The Labute approximate surface area is 361 Å². The van der Waals surface area contributed by atoms with E-state index < -0.39 is 0 Å². The average Bonchev–Trinajstić information content (AvgIpc) is 3.94. The van der Waals surface area contributed by atoms with Gasteiger partial charge in [0.1, 0.15) is 22.3 Å². The van der Waals surface area contributed by atoms with Gasteiger partial charge in [0.05, 0.1) is 0 Å². The second kappa shape index (κ2) is 13.7. The Bertz CT molecular complexity index is 3560. The van der Waals surface area contributed by atoms with Gasteiger partial charge >= 0.3 is 0 Å². The third-order valence-corrected chi connectivity index (χ3v) is 13.2. The van der Waals surface area contributed by atoms with Crippen LogP contribution in [-0.2, 0) is 5.41 Å². The minimum atomic E-state index is -0.0509. The molecule has 0 unspecified atom stereocenters. The van der Waals surface area contributed by atoms with Crippen molar-refractivity contribution in [3.05, 3.63) is 210 Å². The van der Waals surface area contributed by atoms with E-state index in [1.54, 1.807) is 0 Å². The van der Waals surface area contributed by atoms with Gasteiger partial charge in [0.15, 0.2) is 0 Å². The first-order valence-corrected chi connectivity index (χ1v) is 21.5. The predicted molar refractivity (Wildman–Crippen MR) is 259 cm³/mol. The van der Waals surface area contributed by atoms with Crippen molar-refractivity contribution in [3.8, 4) is 44.5 Å². The molecule has 1 aliphatic carbocycles. The molecule has 62 heavy (non-hydrogen) atoms. The number of aryl methyl sites for hydroxylation is 2. The summed E-state index contributed by atoms with van der Waals surface area (Å²) in [5.41, 5.74) is 21.8. The zero-order valence-corrected chi connectivity index (χ0v) is 35.2. The lowest BCUT2D eigenvalue weighted by molar-refractivity contribution is 0.659. The zero-order valence-electron chi connectivity index (χ0n) is 35.2. The van der Waals surface area contributed by atoms with Crippen LogP contribution in [0.15, 0.2) is 197 Å². The van der Waals surface area contributed by atoms with Crippen LogP contribution in [-0.4, -0.2) is 0 Å². The fourth-order valence-corrected chi connectivity index (χ4v) is 10.2. The molecule has 0 saturated carbocycles.